The topological polar surface area (TPSA) is 335 Å². The maximum atomic E-state index is 11.6. The molecule has 0 aromatic rings. The molecule has 28 bridgehead atoms. The molecule has 28 fully saturated rings. The van der Waals surface area contributed by atoms with E-state index in [9.17, 15) is 35.7 Å². The molecule has 0 saturated carbocycles. The van der Waals surface area contributed by atoms with E-state index in [0.717, 1.165) is 0 Å². The Bertz CT molecular complexity index is 1570. The van der Waals surface area contributed by atoms with E-state index >= 15 is 0 Å². The Morgan fingerprint density at radius 2 is 0.300 bits per heavy atom. The van der Waals surface area contributed by atoms with E-state index < -0.39 is 215 Å². The van der Waals surface area contributed by atoms with Crippen molar-refractivity contribution in [1.82, 2.24) is 0 Å². The van der Waals surface area contributed by atoms with Crippen molar-refractivity contribution < 1.29 is 135 Å². The van der Waals surface area contributed by atoms with Crippen LogP contribution in [0, 0.1) is 0 Å². The van der Waals surface area contributed by atoms with Crippen LogP contribution in [0.25, 0.3) is 0 Å². The van der Waals surface area contributed by atoms with E-state index in [0.29, 0.717) is 0 Å². The zero-order valence-corrected chi connectivity index (χ0v) is 36.9. The first kappa shape index (κ1) is 46.2. The van der Waals surface area contributed by atoms with Gasteiger partial charge in [0.15, 0.2) is 44.0 Å². The summed E-state index contributed by atoms with van der Waals surface area (Å²) in [5, 5.41) is 81.0. The van der Waals surface area contributed by atoms with Crippen molar-refractivity contribution in [3.63, 3.8) is 0 Å². The third-order valence-corrected chi connectivity index (χ3v) is 16.5. The number of hydrogen-bond donors (Lipinski definition) is 7. The Hall–Kier alpha value is -1.12. The highest BCUT2D eigenvalue weighted by Gasteiger charge is 2.65. The van der Waals surface area contributed by atoms with Crippen LogP contribution in [0.5, 0.6) is 0 Å². The van der Waals surface area contributed by atoms with Crippen molar-refractivity contribution in [2.45, 2.75) is 215 Å². The minimum Gasteiger partial charge on any atom is -0.385 e. The summed E-state index contributed by atoms with van der Waals surface area (Å²) in [6.07, 6.45) is -37.3. The lowest BCUT2D eigenvalue weighted by atomic mass is 9.98. The molecule has 28 saturated heterocycles. The van der Waals surface area contributed by atoms with Gasteiger partial charge in [0.1, 0.15) is 171 Å². The Kier molecular flexibility index (Phi) is 11.5. The van der Waals surface area contributed by atoms with Gasteiger partial charge >= 0.3 is 0 Å². The molecule has 28 rings (SSSR count). The summed E-state index contributed by atoms with van der Waals surface area (Å²) in [7, 11) is 0. The van der Waals surface area contributed by atoms with Crippen LogP contribution in [-0.4, -0.2) is 297 Å². The van der Waals surface area contributed by atoms with E-state index in [1.165, 1.54) is 0 Å². The fraction of sp³-hybridized carbons (Fsp3) is 1.00. The fourth-order valence-corrected chi connectivity index (χ4v) is 13.0. The lowest BCUT2D eigenvalue weighted by Crippen LogP contribution is -2.64. The zero-order valence-electron chi connectivity index (χ0n) is 36.9. The molecule has 392 valence electrons. The smallest absolute Gasteiger partial charge is 0.187 e. The molecule has 0 spiro atoms. The van der Waals surface area contributed by atoms with Gasteiger partial charge in [0.25, 0.3) is 0 Å². The van der Waals surface area contributed by atoms with Crippen LogP contribution in [0.1, 0.15) is 0 Å². The number of aliphatic hydroxyl groups excluding tert-OH is 7. The molecule has 0 radical (unpaired) electrons. The third kappa shape index (κ3) is 7.12. The van der Waals surface area contributed by atoms with Crippen LogP contribution in [0.2, 0.25) is 0 Å². The van der Waals surface area contributed by atoms with Gasteiger partial charge in [-0.15, -0.1) is 0 Å². The third-order valence-electron chi connectivity index (χ3n) is 16.5. The van der Waals surface area contributed by atoms with Crippen molar-refractivity contribution in [3.8, 4) is 0 Å². The van der Waals surface area contributed by atoms with E-state index in [2.05, 4.69) is 0 Å². The minimum atomic E-state index is -1.40. The Morgan fingerprint density at radius 3 is 0.429 bits per heavy atom. The van der Waals surface area contributed by atoms with Gasteiger partial charge in [-0.25, -0.2) is 0 Å². The van der Waals surface area contributed by atoms with E-state index in [4.69, 9.17) is 99.5 Å². The van der Waals surface area contributed by atoms with E-state index in [-0.39, 0.29) is 46.2 Å². The standard InChI is InChI=1S/C42H56O28/c43-15-29-22-8(1-50-29)57-36(15)65-23-9-2-52-31(23)17(45)38(59-9)67-25-11-4-54-33(25)19(47)40(61-11)69-27-13-6-56-35(27)21(49)42(63-13)70-28-14-7-55-34(28)20(48)41(62-14)68-26-12-5-53-32(26)18(46)39(60-12)66-24-10-3-51-30(24)16(44)37(58-10)64-22/h8-49H,1-7H2/t8-,9-,10-,11-,12-,13-,14-,15-,16-,17-,18-,19-,20-,21-,22-,23-,24-,25-,26-,27-,28-,29-,30-,31-,32-,33-,34-,35-,36-,37-,38-,39-,40-,41-,42-/m1/s1. The summed E-state index contributed by atoms with van der Waals surface area (Å²) in [5.41, 5.74) is 0. The predicted octanol–water partition coefficient (Wildman–Crippen LogP) is -7.91. The Morgan fingerprint density at radius 1 is 0.171 bits per heavy atom. The highest BCUT2D eigenvalue weighted by Crippen LogP contribution is 2.45. The summed E-state index contributed by atoms with van der Waals surface area (Å²) in [5.74, 6) is 0. The van der Waals surface area contributed by atoms with Crippen LogP contribution in [0.3, 0.4) is 0 Å². The predicted molar refractivity (Wildman–Crippen MR) is 205 cm³/mol. The molecule has 7 N–H and O–H groups in total. The van der Waals surface area contributed by atoms with Crippen LogP contribution in [0.15, 0.2) is 0 Å². The van der Waals surface area contributed by atoms with Crippen LogP contribution >= 0.6 is 0 Å². The quantitative estimate of drug-likeness (QED) is 0.119. The highest BCUT2D eigenvalue weighted by molar-refractivity contribution is 5.07. The summed E-state index contributed by atoms with van der Waals surface area (Å²) >= 11 is 0. The number of ether oxygens (including phenoxy) is 21. The molecule has 28 heterocycles. The number of hydrogen-bond acceptors (Lipinski definition) is 28. The molecule has 35 atom stereocenters. The van der Waals surface area contributed by atoms with Gasteiger partial charge in [0.2, 0.25) is 0 Å². The fourth-order valence-electron chi connectivity index (χ4n) is 13.0. The van der Waals surface area contributed by atoms with Crippen molar-refractivity contribution >= 4 is 0 Å². The average Bonchev–Trinajstić information content (AvgIpc) is 4.19. The van der Waals surface area contributed by atoms with Gasteiger partial charge in [-0.2, -0.15) is 0 Å². The second-order valence-corrected chi connectivity index (χ2v) is 20.5. The lowest BCUT2D eigenvalue weighted by molar-refractivity contribution is -0.359. The molecule has 0 amide bonds. The summed E-state index contributed by atoms with van der Waals surface area (Å²) in [4.78, 5) is 0. The van der Waals surface area contributed by atoms with E-state index in [1.807, 2.05) is 0 Å². The Balaban J connectivity index is 0.681. The van der Waals surface area contributed by atoms with Crippen molar-refractivity contribution in [2.24, 2.45) is 0 Å². The number of aliphatic hydroxyl groups is 7. The van der Waals surface area contributed by atoms with Gasteiger partial charge < -0.3 is 135 Å². The average molecular weight is 1010 g/mol. The van der Waals surface area contributed by atoms with Crippen molar-refractivity contribution in [3.05, 3.63) is 0 Å². The highest BCUT2D eigenvalue weighted by atomic mass is 16.8. The van der Waals surface area contributed by atoms with Crippen LogP contribution in [-0.2, 0) is 99.5 Å². The second-order valence-electron chi connectivity index (χ2n) is 20.5. The molecular formula is C42H56O28. The van der Waals surface area contributed by atoms with Crippen molar-refractivity contribution in [1.29, 1.82) is 0 Å². The molecule has 0 aromatic carbocycles. The molecule has 28 aliphatic rings. The molecule has 70 heavy (non-hydrogen) atoms. The molecular weight excluding hydrogens is 952 g/mol. The van der Waals surface area contributed by atoms with Crippen molar-refractivity contribution in [2.75, 3.05) is 46.2 Å². The second kappa shape index (κ2) is 17.5. The molecule has 0 aromatic heterocycles. The minimum absolute atomic E-state index is 0.0202. The Labute approximate surface area is 396 Å². The maximum Gasteiger partial charge on any atom is 0.187 e. The summed E-state index contributed by atoms with van der Waals surface area (Å²) < 4.78 is 129. The van der Waals surface area contributed by atoms with Gasteiger partial charge in [-0.05, 0) is 0 Å². The molecule has 28 heteroatoms. The lowest BCUT2D eigenvalue weighted by Gasteiger charge is -2.45. The summed E-state index contributed by atoms with van der Waals surface area (Å²) in [6, 6.07) is 0. The number of rotatable bonds is 0. The molecule has 0 unspecified atom stereocenters. The van der Waals surface area contributed by atoms with Crippen LogP contribution < -0.4 is 0 Å². The van der Waals surface area contributed by atoms with E-state index in [1.54, 1.807) is 0 Å². The van der Waals surface area contributed by atoms with Crippen LogP contribution in [0.4, 0.5) is 0 Å². The molecule has 28 nitrogen and oxygen atoms in total. The maximum absolute atomic E-state index is 11.6. The first-order chi connectivity index (χ1) is 34.0. The SMILES string of the molecule is O[C@H]1[C@H]2O[C@H]3[C@@H]4OC[C@H]3O[C@H](O[C@H]3[C@@H]5OC[C@H]3O[C@H](O[C@H]3[C@@H]6OC[C@H]3O[C@H](O[C@H]3[C@@H]7OC[C@H]3O[C@H](O[C@H]3[C@@H]8OC[C@H]3O[C@H](O[C@H]3[C@@H]9OC[C@H]3O[C@H](O[C@H]3[C@@H]1OC[C@H]3O2)[C@@H]9O)[C@@H]8O)[C@@H]7O)[C@@H]6O)[C@@H]5O)[C@@H]4O. The largest absolute Gasteiger partial charge is 0.385 e. The van der Waals surface area contributed by atoms with Gasteiger partial charge in [-0.1, -0.05) is 0 Å². The van der Waals surface area contributed by atoms with Gasteiger partial charge in [0, 0.05) is 0 Å². The van der Waals surface area contributed by atoms with Gasteiger partial charge in [0.05, 0.1) is 46.2 Å². The van der Waals surface area contributed by atoms with Gasteiger partial charge in [-0.3, -0.25) is 0 Å². The normalized spacial score (nSPS) is 63.9. The zero-order chi connectivity index (χ0) is 47.0. The first-order valence-electron chi connectivity index (χ1n) is 24.3. The first-order valence-corrected chi connectivity index (χ1v) is 24.3. The molecule has 28 aliphatic heterocycles. The molecule has 0 aliphatic carbocycles. The monoisotopic (exact) mass is 1010 g/mol. The summed E-state index contributed by atoms with van der Waals surface area (Å²) in [6.45, 7) is 0.141.